The molecular weight excluding hydrogens is 347 g/mol. The van der Waals surface area contributed by atoms with Crippen LogP contribution in [0, 0.1) is 0 Å². The van der Waals surface area contributed by atoms with Crippen molar-refractivity contribution in [1.82, 2.24) is 9.80 Å². The van der Waals surface area contributed by atoms with Crippen molar-refractivity contribution >= 4 is 17.8 Å². The zero-order chi connectivity index (χ0) is 18.5. The van der Waals surface area contributed by atoms with E-state index in [1.807, 2.05) is 0 Å². The molecule has 3 aliphatic heterocycles. The van der Waals surface area contributed by atoms with Crippen molar-refractivity contribution in [3.05, 3.63) is 23.1 Å². The molecule has 2 fully saturated rings. The Kier molecular flexibility index (Phi) is 3.98. The Morgan fingerprint density at radius 1 is 1.40 bits per heavy atom. The van der Waals surface area contributed by atoms with Crippen molar-refractivity contribution in [2.75, 3.05) is 19.7 Å². The van der Waals surface area contributed by atoms with E-state index < -0.39 is 48.3 Å². The number of hydrogen-bond donors (Lipinski definition) is 2. The standard InChI is InChI=1S/C14H14F3N3O5/c15-14(16,17)5-19-2-1-6(11(19)21)3-8-10(13(23)24)20-7(4-25-8)9(18)12(20)22/h3,7,9H,1-2,4-5,18H2,(H,23,24)/b6-3+/t7-,9+/m1/s1. The van der Waals surface area contributed by atoms with Crippen LogP contribution in [0.1, 0.15) is 6.42 Å². The van der Waals surface area contributed by atoms with Gasteiger partial charge in [-0.1, -0.05) is 0 Å². The van der Waals surface area contributed by atoms with E-state index in [2.05, 4.69) is 0 Å². The highest BCUT2D eigenvalue weighted by Gasteiger charge is 2.52. The summed E-state index contributed by atoms with van der Waals surface area (Å²) < 4.78 is 42.6. The Hall–Kier alpha value is -2.56. The molecule has 0 saturated carbocycles. The Morgan fingerprint density at radius 2 is 2.08 bits per heavy atom. The highest BCUT2D eigenvalue weighted by molar-refractivity contribution is 6.01. The van der Waals surface area contributed by atoms with Crippen molar-refractivity contribution in [2.24, 2.45) is 5.73 Å². The first-order valence-electron chi connectivity index (χ1n) is 7.36. The lowest BCUT2D eigenvalue weighted by atomic mass is 9.93. The van der Waals surface area contributed by atoms with Crippen molar-refractivity contribution in [3.8, 4) is 0 Å². The number of nitrogens with zero attached hydrogens (tertiary/aromatic N) is 2. The van der Waals surface area contributed by atoms with Gasteiger partial charge in [0.15, 0.2) is 11.5 Å². The number of carboxylic acids is 1. The van der Waals surface area contributed by atoms with E-state index in [0.29, 0.717) is 4.90 Å². The van der Waals surface area contributed by atoms with Crippen LogP contribution < -0.4 is 5.73 Å². The second-order valence-electron chi connectivity index (χ2n) is 5.89. The first-order chi connectivity index (χ1) is 11.6. The highest BCUT2D eigenvalue weighted by Crippen LogP contribution is 2.33. The zero-order valence-corrected chi connectivity index (χ0v) is 12.7. The van der Waals surface area contributed by atoms with Crippen LogP contribution in [0.4, 0.5) is 13.2 Å². The summed E-state index contributed by atoms with van der Waals surface area (Å²) in [5.74, 6) is -3.11. The van der Waals surface area contributed by atoms with Gasteiger partial charge in [0.2, 0.25) is 11.8 Å². The number of allylic oxidation sites excluding steroid dienone is 1. The number of hydrogen-bond acceptors (Lipinski definition) is 5. The molecule has 0 bridgehead atoms. The number of carbonyl (C=O) groups excluding carboxylic acids is 2. The molecule has 0 aromatic carbocycles. The molecule has 2 saturated heterocycles. The Bertz CT molecular complexity index is 715. The Labute approximate surface area is 139 Å². The molecule has 3 heterocycles. The molecule has 3 rings (SSSR count). The van der Waals surface area contributed by atoms with Gasteiger partial charge in [-0.3, -0.25) is 14.5 Å². The summed E-state index contributed by atoms with van der Waals surface area (Å²) in [6.45, 7) is -1.56. The number of fused-ring (bicyclic) bond motifs is 1. The van der Waals surface area contributed by atoms with Gasteiger partial charge in [-0.05, 0) is 12.5 Å². The second-order valence-corrected chi connectivity index (χ2v) is 5.89. The van der Waals surface area contributed by atoms with Gasteiger partial charge in [-0.15, -0.1) is 0 Å². The third kappa shape index (κ3) is 2.95. The van der Waals surface area contributed by atoms with Crippen LogP contribution in [-0.2, 0) is 19.1 Å². The molecule has 25 heavy (non-hydrogen) atoms. The fraction of sp³-hybridized carbons (Fsp3) is 0.500. The van der Waals surface area contributed by atoms with E-state index in [-0.39, 0.29) is 30.9 Å². The summed E-state index contributed by atoms with van der Waals surface area (Å²) in [5, 5.41) is 9.33. The monoisotopic (exact) mass is 361 g/mol. The fourth-order valence-corrected chi connectivity index (χ4v) is 3.03. The Balaban J connectivity index is 1.88. The zero-order valence-electron chi connectivity index (χ0n) is 12.7. The van der Waals surface area contributed by atoms with E-state index in [4.69, 9.17) is 10.5 Å². The number of carboxylic acid groups (broad SMARTS) is 1. The molecule has 11 heteroatoms. The molecule has 8 nitrogen and oxygen atoms in total. The van der Waals surface area contributed by atoms with Crippen LogP contribution in [0.2, 0.25) is 0 Å². The Morgan fingerprint density at radius 3 is 2.68 bits per heavy atom. The van der Waals surface area contributed by atoms with Gasteiger partial charge >= 0.3 is 12.1 Å². The summed E-state index contributed by atoms with van der Waals surface area (Å²) in [4.78, 5) is 36.9. The molecule has 0 radical (unpaired) electrons. The topological polar surface area (TPSA) is 113 Å². The molecule has 0 spiro atoms. The predicted octanol–water partition coefficient (Wildman–Crippen LogP) is -0.428. The average Bonchev–Trinajstić information content (AvgIpc) is 2.84. The number of carbonyl (C=O) groups is 3. The summed E-state index contributed by atoms with van der Waals surface area (Å²) in [6, 6.07) is -1.47. The van der Waals surface area contributed by atoms with Crippen LogP contribution in [-0.4, -0.2) is 70.6 Å². The number of rotatable bonds is 3. The fourth-order valence-electron chi connectivity index (χ4n) is 3.03. The van der Waals surface area contributed by atoms with Crippen LogP contribution in [0.15, 0.2) is 23.1 Å². The molecule has 3 N–H and O–H groups in total. The first kappa shape index (κ1) is 17.3. The predicted molar refractivity (Wildman–Crippen MR) is 74.6 cm³/mol. The summed E-state index contributed by atoms with van der Waals surface area (Å²) >= 11 is 0. The highest BCUT2D eigenvalue weighted by atomic mass is 19.4. The smallest absolute Gasteiger partial charge is 0.406 e. The summed E-state index contributed by atoms with van der Waals surface area (Å²) in [6.07, 6.45) is -3.41. The van der Waals surface area contributed by atoms with E-state index in [1.54, 1.807) is 0 Å². The van der Waals surface area contributed by atoms with E-state index in [0.717, 1.165) is 11.0 Å². The summed E-state index contributed by atoms with van der Waals surface area (Å²) in [7, 11) is 0. The minimum Gasteiger partial charge on any atom is -0.489 e. The molecule has 136 valence electrons. The maximum absolute atomic E-state index is 12.4. The van der Waals surface area contributed by atoms with E-state index >= 15 is 0 Å². The van der Waals surface area contributed by atoms with Crippen molar-refractivity contribution in [3.63, 3.8) is 0 Å². The maximum atomic E-state index is 12.4. The normalized spacial score (nSPS) is 28.2. The summed E-state index contributed by atoms with van der Waals surface area (Å²) in [5.41, 5.74) is 5.11. The van der Waals surface area contributed by atoms with Crippen molar-refractivity contribution < 1.29 is 37.4 Å². The van der Waals surface area contributed by atoms with Gasteiger partial charge in [0, 0.05) is 12.1 Å². The molecule has 0 unspecified atom stereocenters. The lowest BCUT2D eigenvalue weighted by Crippen LogP contribution is -2.71. The minimum atomic E-state index is -4.52. The van der Waals surface area contributed by atoms with Crippen molar-refractivity contribution in [1.29, 1.82) is 0 Å². The number of ether oxygens (including phenoxy) is 1. The van der Waals surface area contributed by atoms with E-state index in [9.17, 15) is 32.7 Å². The van der Waals surface area contributed by atoms with Crippen molar-refractivity contribution in [2.45, 2.75) is 24.7 Å². The van der Waals surface area contributed by atoms with E-state index in [1.165, 1.54) is 0 Å². The third-order valence-electron chi connectivity index (χ3n) is 4.24. The van der Waals surface area contributed by atoms with Gasteiger partial charge in [0.1, 0.15) is 19.2 Å². The number of alkyl halides is 3. The van der Waals surface area contributed by atoms with Gasteiger partial charge in [-0.25, -0.2) is 4.79 Å². The minimum absolute atomic E-state index is 0.00581. The quantitative estimate of drug-likeness (QED) is 0.521. The molecule has 0 aliphatic carbocycles. The van der Waals surface area contributed by atoms with Crippen LogP contribution in [0.3, 0.4) is 0 Å². The number of likely N-dealkylation sites (tertiary alicyclic amines) is 1. The average molecular weight is 361 g/mol. The van der Waals surface area contributed by atoms with Gasteiger partial charge in [-0.2, -0.15) is 13.2 Å². The maximum Gasteiger partial charge on any atom is 0.406 e. The lowest BCUT2D eigenvalue weighted by molar-refractivity contribution is -0.157. The lowest BCUT2D eigenvalue weighted by Gasteiger charge is -2.47. The van der Waals surface area contributed by atoms with Crippen LogP contribution >= 0.6 is 0 Å². The third-order valence-corrected chi connectivity index (χ3v) is 4.24. The van der Waals surface area contributed by atoms with Crippen LogP contribution in [0.25, 0.3) is 0 Å². The van der Waals surface area contributed by atoms with Crippen LogP contribution in [0.5, 0.6) is 0 Å². The number of aliphatic carboxylic acids is 1. The number of halogens is 3. The SMILES string of the molecule is N[C@@H]1C(=O)N2C(C(=O)O)=C(/C=C3\CCN(CC(F)(F)F)C3=O)OC[C@H]12. The largest absolute Gasteiger partial charge is 0.489 e. The number of β-lactam (4-membered cyclic amide) rings is 1. The number of nitrogens with two attached hydrogens (primary N) is 1. The van der Waals surface area contributed by atoms with Gasteiger partial charge in [0.05, 0.1) is 6.04 Å². The number of amides is 2. The molecule has 2 amide bonds. The first-order valence-corrected chi connectivity index (χ1v) is 7.36. The molecule has 0 aromatic rings. The molecule has 3 aliphatic rings. The molecule has 2 atom stereocenters. The molecular formula is C14H14F3N3O5. The van der Waals surface area contributed by atoms with Gasteiger partial charge in [0.25, 0.3) is 0 Å². The molecule has 0 aromatic heterocycles. The second kappa shape index (κ2) is 5.76. The van der Waals surface area contributed by atoms with Gasteiger partial charge < -0.3 is 20.5 Å².